The first-order valence-electron chi connectivity index (χ1n) is 5.94. The Kier molecular flexibility index (Phi) is 3.95. The van der Waals surface area contributed by atoms with E-state index >= 15 is 0 Å². The van der Waals surface area contributed by atoms with Crippen LogP contribution in [0.1, 0.15) is 25.8 Å². The van der Waals surface area contributed by atoms with Crippen molar-refractivity contribution < 1.29 is 18.0 Å². The van der Waals surface area contributed by atoms with Crippen molar-refractivity contribution >= 4 is 28.9 Å². The number of hydrogen-bond acceptors (Lipinski definition) is 2. The second kappa shape index (κ2) is 5.11. The highest BCUT2D eigenvalue weighted by Gasteiger charge is 2.62. The highest BCUT2D eigenvalue weighted by atomic mass is 35.5. The van der Waals surface area contributed by atoms with E-state index < -0.39 is 11.8 Å². The van der Waals surface area contributed by atoms with Crippen molar-refractivity contribution in [2.24, 2.45) is 11.1 Å². The third-order valence-electron chi connectivity index (χ3n) is 3.20. The third kappa shape index (κ3) is 2.61. The molecular weight excluding hydrogens is 314 g/mol. The average Bonchev–Trinajstić information content (AvgIpc) is 2.72. The molecule has 1 aromatic rings. The van der Waals surface area contributed by atoms with Gasteiger partial charge in [0, 0.05) is 22.0 Å². The molecule has 7 heteroatoms. The zero-order valence-corrected chi connectivity index (χ0v) is 12.3. The summed E-state index contributed by atoms with van der Waals surface area (Å²) in [6, 6.07) is 3.79. The summed E-state index contributed by atoms with van der Waals surface area (Å²) in [5.74, 6) is -0.131. The van der Waals surface area contributed by atoms with E-state index in [0.29, 0.717) is 5.71 Å². The highest BCUT2D eigenvalue weighted by molar-refractivity contribution is 6.34. The maximum Gasteiger partial charge on any atom is 0.435 e. The Labute approximate surface area is 124 Å². The molecule has 0 radical (unpaired) electrons. The van der Waals surface area contributed by atoms with Gasteiger partial charge in [0.25, 0.3) is 5.60 Å². The van der Waals surface area contributed by atoms with Gasteiger partial charge < -0.3 is 4.84 Å². The molecule has 0 aromatic heterocycles. The fourth-order valence-electron chi connectivity index (χ4n) is 2.02. The third-order valence-corrected chi connectivity index (χ3v) is 3.64. The minimum Gasteiger partial charge on any atom is -0.374 e. The van der Waals surface area contributed by atoms with Crippen LogP contribution in [0.4, 0.5) is 13.2 Å². The van der Waals surface area contributed by atoms with Crippen LogP contribution < -0.4 is 0 Å². The topological polar surface area (TPSA) is 21.6 Å². The van der Waals surface area contributed by atoms with Crippen LogP contribution in [0, 0.1) is 5.92 Å². The van der Waals surface area contributed by atoms with Crippen LogP contribution in [0.5, 0.6) is 0 Å². The fraction of sp³-hybridized carbons (Fsp3) is 0.462. The van der Waals surface area contributed by atoms with E-state index in [1.165, 1.54) is 18.2 Å². The summed E-state index contributed by atoms with van der Waals surface area (Å²) in [7, 11) is 0. The molecule has 1 heterocycles. The van der Waals surface area contributed by atoms with Crippen LogP contribution in [-0.2, 0) is 10.4 Å². The number of halogens is 5. The summed E-state index contributed by atoms with van der Waals surface area (Å²) in [6.07, 6.45) is -4.98. The van der Waals surface area contributed by atoms with Gasteiger partial charge in [-0.1, -0.05) is 42.2 Å². The lowest BCUT2D eigenvalue weighted by atomic mass is 9.86. The molecule has 1 unspecified atom stereocenters. The highest BCUT2D eigenvalue weighted by Crippen LogP contribution is 2.49. The smallest absolute Gasteiger partial charge is 0.374 e. The zero-order valence-electron chi connectivity index (χ0n) is 10.8. The van der Waals surface area contributed by atoms with Gasteiger partial charge in [0.15, 0.2) is 0 Å². The van der Waals surface area contributed by atoms with Crippen LogP contribution in [0.2, 0.25) is 10.0 Å². The van der Waals surface area contributed by atoms with E-state index in [0.717, 1.165) is 0 Å². The molecule has 0 fully saturated rings. The van der Waals surface area contributed by atoms with Crippen molar-refractivity contribution in [3.05, 3.63) is 33.8 Å². The van der Waals surface area contributed by atoms with E-state index in [-0.39, 0.29) is 27.9 Å². The Morgan fingerprint density at radius 1 is 1.20 bits per heavy atom. The SMILES string of the molecule is CC(C)C1=NOC(c2cc(Cl)cc(Cl)c2)(C(F)(F)F)C1. The molecule has 1 aromatic carbocycles. The molecule has 1 aliphatic heterocycles. The number of benzene rings is 1. The van der Waals surface area contributed by atoms with E-state index in [1.807, 2.05) is 0 Å². The second-order valence-corrected chi connectivity index (χ2v) is 5.86. The standard InChI is InChI=1S/C13H12Cl2F3NO/c1-7(2)11-6-12(20-19-11,13(16,17)18)8-3-9(14)5-10(15)4-8/h3-5,7H,6H2,1-2H3. The second-order valence-electron chi connectivity index (χ2n) is 4.99. The van der Waals surface area contributed by atoms with Crippen molar-refractivity contribution in [2.45, 2.75) is 32.0 Å². The lowest BCUT2D eigenvalue weighted by Crippen LogP contribution is -2.43. The number of rotatable bonds is 2. The summed E-state index contributed by atoms with van der Waals surface area (Å²) in [5.41, 5.74) is -2.29. The van der Waals surface area contributed by atoms with Gasteiger partial charge in [0.2, 0.25) is 0 Å². The molecule has 2 nitrogen and oxygen atoms in total. The molecule has 2 rings (SSSR count). The zero-order chi connectivity index (χ0) is 15.1. The molecule has 0 N–H and O–H groups in total. The van der Waals surface area contributed by atoms with Crippen molar-refractivity contribution in [2.75, 3.05) is 0 Å². The molecule has 110 valence electrons. The molecule has 0 saturated heterocycles. The van der Waals surface area contributed by atoms with Gasteiger partial charge in [-0.15, -0.1) is 0 Å². The Morgan fingerprint density at radius 2 is 1.75 bits per heavy atom. The quantitative estimate of drug-likeness (QED) is 0.733. The molecule has 0 saturated carbocycles. The van der Waals surface area contributed by atoms with Crippen LogP contribution >= 0.6 is 23.2 Å². The Balaban J connectivity index is 2.51. The normalized spacial score (nSPS) is 22.9. The molecule has 0 aliphatic carbocycles. The monoisotopic (exact) mass is 325 g/mol. The van der Waals surface area contributed by atoms with Crippen molar-refractivity contribution in [3.8, 4) is 0 Å². The molecule has 0 amide bonds. The van der Waals surface area contributed by atoms with Gasteiger partial charge in [-0.2, -0.15) is 13.2 Å². The minimum absolute atomic E-state index is 0.123. The maximum absolute atomic E-state index is 13.5. The molecule has 0 bridgehead atoms. The molecule has 0 spiro atoms. The fourth-order valence-corrected chi connectivity index (χ4v) is 2.55. The molecule has 1 atom stereocenters. The van der Waals surface area contributed by atoms with Crippen LogP contribution in [-0.4, -0.2) is 11.9 Å². The number of oxime groups is 1. The van der Waals surface area contributed by atoms with Crippen LogP contribution in [0.3, 0.4) is 0 Å². The van der Waals surface area contributed by atoms with Gasteiger partial charge in [-0.05, 0) is 24.1 Å². The van der Waals surface area contributed by atoms with E-state index in [9.17, 15) is 13.2 Å². The van der Waals surface area contributed by atoms with Gasteiger partial charge in [0.1, 0.15) is 0 Å². The predicted octanol–water partition coefficient (Wildman–Crippen LogP) is 5.18. The summed E-state index contributed by atoms with van der Waals surface area (Å²) in [6.45, 7) is 3.53. The number of nitrogens with zero attached hydrogens (tertiary/aromatic N) is 1. The first kappa shape index (κ1) is 15.4. The van der Waals surface area contributed by atoms with E-state index in [4.69, 9.17) is 28.0 Å². The van der Waals surface area contributed by atoms with Crippen LogP contribution in [0.25, 0.3) is 0 Å². The van der Waals surface area contributed by atoms with Crippen molar-refractivity contribution in [1.29, 1.82) is 0 Å². The first-order valence-corrected chi connectivity index (χ1v) is 6.69. The Bertz CT molecular complexity index is 537. The average molecular weight is 326 g/mol. The first-order chi connectivity index (χ1) is 9.15. The number of alkyl halides is 3. The van der Waals surface area contributed by atoms with Gasteiger partial charge in [-0.25, -0.2) is 0 Å². The summed E-state index contributed by atoms with van der Waals surface area (Å²) >= 11 is 11.6. The lowest BCUT2D eigenvalue weighted by Gasteiger charge is -2.29. The predicted molar refractivity (Wildman–Crippen MR) is 72.2 cm³/mol. The largest absolute Gasteiger partial charge is 0.435 e. The van der Waals surface area contributed by atoms with E-state index in [1.54, 1.807) is 13.8 Å². The lowest BCUT2D eigenvalue weighted by molar-refractivity contribution is -0.275. The molecule has 20 heavy (non-hydrogen) atoms. The minimum atomic E-state index is -4.62. The Hall–Kier alpha value is -0.940. The van der Waals surface area contributed by atoms with Gasteiger partial charge in [0.05, 0.1) is 5.71 Å². The molecule has 1 aliphatic rings. The van der Waals surface area contributed by atoms with Crippen LogP contribution in [0.15, 0.2) is 23.4 Å². The Morgan fingerprint density at radius 3 is 2.15 bits per heavy atom. The van der Waals surface area contributed by atoms with Crippen molar-refractivity contribution in [1.82, 2.24) is 0 Å². The van der Waals surface area contributed by atoms with Gasteiger partial charge >= 0.3 is 6.18 Å². The van der Waals surface area contributed by atoms with E-state index in [2.05, 4.69) is 5.16 Å². The van der Waals surface area contributed by atoms with Gasteiger partial charge in [-0.3, -0.25) is 0 Å². The summed E-state index contributed by atoms with van der Waals surface area (Å²) in [5, 5.41) is 3.85. The summed E-state index contributed by atoms with van der Waals surface area (Å²) in [4.78, 5) is 4.82. The molecular formula is C13H12Cl2F3NO. The maximum atomic E-state index is 13.5. The van der Waals surface area contributed by atoms with Crippen molar-refractivity contribution in [3.63, 3.8) is 0 Å². The number of hydrogen-bond donors (Lipinski definition) is 0. The summed E-state index contributed by atoms with van der Waals surface area (Å²) < 4.78 is 40.6.